The summed E-state index contributed by atoms with van der Waals surface area (Å²) in [5.74, 6) is 0.918. The molecule has 0 aliphatic carbocycles. The fraction of sp³-hybridized carbons (Fsp3) is 0.190. The number of hydrogen-bond acceptors (Lipinski definition) is 2. The molecule has 25 heavy (non-hydrogen) atoms. The molecular formula is C21H19ClN2O. The zero-order chi connectivity index (χ0) is 17.2. The first-order valence-electron chi connectivity index (χ1n) is 8.51. The molecule has 0 N–H and O–H groups in total. The van der Waals surface area contributed by atoms with Crippen LogP contribution >= 0.6 is 11.6 Å². The van der Waals surface area contributed by atoms with Crippen LogP contribution in [-0.4, -0.2) is 16.2 Å². The van der Waals surface area contributed by atoms with E-state index in [4.69, 9.17) is 16.3 Å². The van der Waals surface area contributed by atoms with Crippen molar-refractivity contribution < 1.29 is 4.74 Å². The Morgan fingerprint density at radius 2 is 1.80 bits per heavy atom. The fourth-order valence-corrected chi connectivity index (χ4v) is 3.47. The van der Waals surface area contributed by atoms with Gasteiger partial charge in [0, 0.05) is 23.5 Å². The van der Waals surface area contributed by atoms with E-state index in [1.807, 2.05) is 37.3 Å². The molecule has 0 amide bonds. The molecule has 4 aromatic rings. The summed E-state index contributed by atoms with van der Waals surface area (Å²) in [5, 5.41) is 2.71. The van der Waals surface area contributed by atoms with E-state index < -0.39 is 0 Å². The van der Waals surface area contributed by atoms with Crippen molar-refractivity contribution >= 4 is 33.4 Å². The van der Waals surface area contributed by atoms with Crippen LogP contribution in [0.15, 0.2) is 60.8 Å². The lowest BCUT2D eigenvalue weighted by Crippen LogP contribution is -2.01. The molecule has 3 nitrogen and oxygen atoms in total. The highest BCUT2D eigenvalue weighted by Crippen LogP contribution is 2.30. The largest absolute Gasteiger partial charge is 0.494 e. The van der Waals surface area contributed by atoms with E-state index >= 15 is 0 Å². The number of fused-ring (bicyclic) bond motifs is 3. The van der Waals surface area contributed by atoms with Crippen LogP contribution in [0.1, 0.15) is 12.5 Å². The van der Waals surface area contributed by atoms with Crippen molar-refractivity contribution in [2.24, 2.45) is 0 Å². The predicted octanol–water partition coefficient (Wildman–Crippen LogP) is 5.48. The van der Waals surface area contributed by atoms with E-state index in [9.17, 15) is 0 Å². The number of benzene rings is 2. The van der Waals surface area contributed by atoms with Crippen molar-refractivity contribution in [1.82, 2.24) is 9.55 Å². The fourth-order valence-electron chi connectivity index (χ4n) is 3.23. The number of hydrogen-bond donors (Lipinski definition) is 0. The van der Waals surface area contributed by atoms with E-state index in [0.717, 1.165) is 40.5 Å². The summed E-state index contributed by atoms with van der Waals surface area (Å²) in [4.78, 5) is 4.50. The Bertz CT molecular complexity index is 1020. The molecule has 126 valence electrons. The number of para-hydroxylation sites is 1. The number of rotatable bonds is 5. The highest BCUT2D eigenvalue weighted by molar-refractivity contribution is 6.35. The Morgan fingerprint density at radius 1 is 1.00 bits per heavy atom. The van der Waals surface area contributed by atoms with Gasteiger partial charge in [0.1, 0.15) is 10.9 Å². The van der Waals surface area contributed by atoms with Gasteiger partial charge in [-0.1, -0.05) is 41.9 Å². The first-order chi connectivity index (χ1) is 12.3. The number of halogens is 1. The number of aromatic nitrogens is 2. The van der Waals surface area contributed by atoms with Crippen LogP contribution < -0.4 is 4.74 Å². The zero-order valence-corrected chi connectivity index (χ0v) is 14.8. The first kappa shape index (κ1) is 16.0. The standard InChI is InChI=1S/C21H19ClN2O/c1-2-25-16-9-7-15(8-10-16)11-13-24-14-12-18-20(24)17-5-3-4-6-19(17)23-21(18)22/h3-10,12,14H,2,11,13H2,1H3. The lowest BCUT2D eigenvalue weighted by molar-refractivity contribution is 0.340. The summed E-state index contributed by atoms with van der Waals surface area (Å²) >= 11 is 6.38. The molecule has 2 heterocycles. The minimum atomic E-state index is 0.563. The Kier molecular flexibility index (Phi) is 4.33. The number of nitrogens with zero attached hydrogens (tertiary/aromatic N) is 2. The molecule has 0 saturated heterocycles. The Morgan fingerprint density at radius 3 is 2.60 bits per heavy atom. The third kappa shape index (κ3) is 3.08. The number of aryl methyl sites for hydroxylation is 2. The lowest BCUT2D eigenvalue weighted by Gasteiger charge is -2.09. The summed E-state index contributed by atoms with van der Waals surface area (Å²) in [6.07, 6.45) is 3.05. The van der Waals surface area contributed by atoms with Gasteiger partial charge in [-0.3, -0.25) is 0 Å². The Labute approximate surface area is 151 Å². The van der Waals surface area contributed by atoms with Crippen LogP contribution in [0.5, 0.6) is 5.75 Å². The summed E-state index contributed by atoms with van der Waals surface area (Å²) in [6.45, 7) is 3.58. The van der Waals surface area contributed by atoms with Gasteiger partial charge in [-0.05, 0) is 43.2 Å². The van der Waals surface area contributed by atoms with Gasteiger partial charge in [-0.15, -0.1) is 0 Å². The summed E-state index contributed by atoms with van der Waals surface area (Å²) in [6, 6.07) is 18.5. The summed E-state index contributed by atoms with van der Waals surface area (Å²) in [7, 11) is 0. The van der Waals surface area contributed by atoms with Gasteiger partial charge in [0.15, 0.2) is 0 Å². The van der Waals surface area contributed by atoms with Gasteiger partial charge < -0.3 is 9.30 Å². The van der Waals surface area contributed by atoms with E-state index in [2.05, 4.69) is 40.0 Å². The van der Waals surface area contributed by atoms with Gasteiger partial charge in [0.2, 0.25) is 0 Å². The molecule has 0 unspecified atom stereocenters. The SMILES string of the molecule is CCOc1ccc(CCn2ccc3c(Cl)nc4ccccc4c32)cc1. The molecular weight excluding hydrogens is 332 g/mol. The molecule has 0 saturated carbocycles. The average molecular weight is 351 g/mol. The second-order valence-corrected chi connectivity index (χ2v) is 6.38. The third-order valence-corrected chi connectivity index (χ3v) is 4.73. The molecule has 2 aromatic heterocycles. The van der Waals surface area contributed by atoms with Crippen molar-refractivity contribution in [1.29, 1.82) is 0 Å². The van der Waals surface area contributed by atoms with Gasteiger partial charge in [0.25, 0.3) is 0 Å². The predicted molar refractivity (Wildman–Crippen MR) is 104 cm³/mol. The van der Waals surface area contributed by atoms with Crippen molar-refractivity contribution in [2.45, 2.75) is 19.9 Å². The quantitative estimate of drug-likeness (QED) is 0.445. The molecule has 0 fully saturated rings. The van der Waals surface area contributed by atoms with Gasteiger partial charge in [-0.25, -0.2) is 4.98 Å². The van der Waals surface area contributed by atoms with Crippen LogP contribution in [0.2, 0.25) is 5.15 Å². The monoisotopic (exact) mass is 350 g/mol. The van der Waals surface area contributed by atoms with Crippen molar-refractivity contribution in [3.63, 3.8) is 0 Å². The Balaban J connectivity index is 1.65. The molecule has 0 radical (unpaired) electrons. The van der Waals surface area contributed by atoms with E-state index in [1.165, 1.54) is 5.56 Å². The summed E-state index contributed by atoms with van der Waals surface area (Å²) < 4.78 is 7.77. The number of ether oxygens (including phenoxy) is 1. The minimum Gasteiger partial charge on any atom is -0.494 e. The van der Waals surface area contributed by atoms with E-state index in [-0.39, 0.29) is 0 Å². The highest BCUT2D eigenvalue weighted by atomic mass is 35.5. The molecule has 2 aromatic carbocycles. The topological polar surface area (TPSA) is 27.1 Å². The lowest BCUT2D eigenvalue weighted by atomic mass is 10.1. The van der Waals surface area contributed by atoms with Crippen LogP contribution in [0.4, 0.5) is 0 Å². The maximum atomic E-state index is 6.38. The number of pyridine rings is 1. The Hall–Kier alpha value is -2.52. The van der Waals surface area contributed by atoms with Gasteiger partial charge in [-0.2, -0.15) is 0 Å². The smallest absolute Gasteiger partial charge is 0.139 e. The molecule has 4 rings (SSSR count). The normalized spacial score (nSPS) is 11.3. The van der Waals surface area contributed by atoms with Crippen LogP contribution in [0.25, 0.3) is 21.8 Å². The first-order valence-corrected chi connectivity index (χ1v) is 8.89. The second kappa shape index (κ2) is 6.77. The second-order valence-electron chi connectivity index (χ2n) is 6.02. The van der Waals surface area contributed by atoms with Gasteiger partial charge >= 0.3 is 0 Å². The van der Waals surface area contributed by atoms with Crippen molar-refractivity contribution in [3.05, 3.63) is 71.5 Å². The third-order valence-electron chi connectivity index (χ3n) is 4.44. The molecule has 0 spiro atoms. The van der Waals surface area contributed by atoms with Crippen LogP contribution in [0.3, 0.4) is 0 Å². The molecule has 0 bridgehead atoms. The zero-order valence-electron chi connectivity index (χ0n) is 14.1. The highest BCUT2D eigenvalue weighted by Gasteiger charge is 2.11. The van der Waals surface area contributed by atoms with Crippen molar-refractivity contribution in [3.8, 4) is 5.75 Å². The molecule has 0 atom stereocenters. The van der Waals surface area contributed by atoms with Crippen LogP contribution in [0, 0.1) is 0 Å². The van der Waals surface area contributed by atoms with E-state index in [1.54, 1.807) is 0 Å². The molecule has 0 aliphatic heterocycles. The summed E-state index contributed by atoms with van der Waals surface area (Å²) in [5.41, 5.74) is 3.37. The van der Waals surface area contributed by atoms with Gasteiger partial charge in [0.05, 0.1) is 17.6 Å². The molecule has 4 heteroatoms. The maximum absolute atomic E-state index is 6.38. The van der Waals surface area contributed by atoms with Crippen molar-refractivity contribution in [2.75, 3.05) is 6.61 Å². The minimum absolute atomic E-state index is 0.563. The maximum Gasteiger partial charge on any atom is 0.139 e. The van der Waals surface area contributed by atoms with Crippen LogP contribution in [-0.2, 0) is 13.0 Å². The average Bonchev–Trinajstić information content (AvgIpc) is 3.07. The van der Waals surface area contributed by atoms with E-state index in [0.29, 0.717) is 11.8 Å². The molecule has 0 aliphatic rings.